The SMILES string of the molecule is O=C(Nc1ccsc1)c1cccc(Br)n1. The molecule has 3 nitrogen and oxygen atoms in total. The third kappa shape index (κ3) is 2.64. The van der Waals surface area contributed by atoms with E-state index in [2.05, 4.69) is 26.2 Å². The summed E-state index contributed by atoms with van der Waals surface area (Å²) in [6.07, 6.45) is 0. The number of carbonyl (C=O) groups excluding carboxylic acids is 1. The fourth-order valence-electron chi connectivity index (χ4n) is 1.07. The smallest absolute Gasteiger partial charge is 0.274 e. The first kappa shape index (κ1) is 10.3. The van der Waals surface area contributed by atoms with Crippen molar-refractivity contribution in [3.63, 3.8) is 0 Å². The molecule has 0 aliphatic heterocycles. The lowest BCUT2D eigenvalue weighted by molar-refractivity contribution is 0.102. The highest BCUT2D eigenvalue weighted by atomic mass is 79.9. The zero-order chi connectivity index (χ0) is 10.7. The maximum atomic E-state index is 11.7. The number of carbonyl (C=O) groups is 1. The number of aromatic nitrogens is 1. The molecule has 2 rings (SSSR count). The lowest BCUT2D eigenvalue weighted by Crippen LogP contribution is -2.12. The van der Waals surface area contributed by atoms with Gasteiger partial charge in [0.1, 0.15) is 10.3 Å². The Hall–Kier alpha value is -1.20. The molecule has 0 atom stereocenters. The number of hydrogen-bond donors (Lipinski definition) is 1. The number of nitrogens with zero attached hydrogens (tertiary/aromatic N) is 1. The van der Waals surface area contributed by atoms with Crippen LogP contribution >= 0.6 is 27.3 Å². The predicted octanol–water partition coefficient (Wildman–Crippen LogP) is 3.16. The molecule has 15 heavy (non-hydrogen) atoms. The second-order valence-corrected chi connectivity index (χ2v) is 4.40. The van der Waals surface area contributed by atoms with Crippen LogP contribution in [0.3, 0.4) is 0 Å². The molecule has 5 heteroatoms. The number of halogens is 1. The molecular weight excluding hydrogens is 276 g/mol. The Morgan fingerprint density at radius 3 is 2.93 bits per heavy atom. The van der Waals surface area contributed by atoms with E-state index in [1.54, 1.807) is 18.2 Å². The highest BCUT2D eigenvalue weighted by molar-refractivity contribution is 9.10. The van der Waals surface area contributed by atoms with Crippen LogP contribution in [0.5, 0.6) is 0 Å². The van der Waals surface area contributed by atoms with Crippen LogP contribution in [0.1, 0.15) is 10.5 Å². The largest absolute Gasteiger partial charge is 0.320 e. The molecule has 2 heterocycles. The zero-order valence-corrected chi connectivity index (χ0v) is 10.0. The van der Waals surface area contributed by atoms with E-state index in [0.717, 1.165) is 5.69 Å². The van der Waals surface area contributed by atoms with Gasteiger partial charge in [-0.25, -0.2) is 4.98 Å². The predicted molar refractivity (Wildman–Crippen MR) is 64.2 cm³/mol. The van der Waals surface area contributed by atoms with E-state index in [9.17, 15) is 4.79 Å². The summed E-state index contributed by atoms with van der Waals surface area (Å²) in [4.78, 5) is 15.7. The maximum absolute atomic E-state index is 11.7. The lowest BCUT2D eigenvalue weighted by atomic mass is 10.3. The molecular formula is C10H7BrN2OS. The molecule has 2 aromatic heterocycles. The van der Waals surface area contributed by atoms with E-state index in [1.807, 2.05) is 16.8 Å². The number of nitrogens with one attached hydrogen (secondary N) is 1. The molecule has 2 aromatic rings. The highest BCUT2D eigenvalue weighted by Crippen LogP contribution is 2.13. The van der Waals surface area contributed by atoms with E-state index in [1.165, 1.54) is 11.3 Å². The van der Waals surface area contributed by atoms with E-state index in [0.29, 0.717) is 10.3 Å². The Morgan fingerprint density at radius 2 is 2.27 bits per heavy atom. The Morgan fingerprint density at radius 1 is 1.40 bits per heavy atom. The van der Waals surface area contributed by atoms with Gasteiger partial charge in [0.25, 0.3) is 5.91 Å². The van der Waals surface area contributed by atoms with Gasteiger partial charge in [-0.05, 0) is 39.5 Å². The summed E-state index contributed by atoms with van der Waals surface area (Å²) in [6, 6.07) is 7.08. The molecule has 0 spiro atoms. The van der Waals surface area contributed by atoms with Crippen molar-refractivity contribution in [3.05, 3.63) is 45.3 Å². The van der Waals surface area contributed by atoms with Gasteiger partial charge in [-0.15, -0.1) is 0 Å². The van der Waals surface area contributed by atoms with Gasteiger partial charge in [0, 0.05) is 5.38 Å². The molecule has 0 unspecified atom stereocenters. The fourth-order valence-corrected chi connectivity index (χ4v) is 2.00. The summed E-state index contributed by atoms with van der Waals surface area (Å²) in [6.45, 7) is 0. The minimum absolute atomic E-state index is 0.199. The van der Waals surface area contributed by atoms with E-state index >= 15 is 0 Å². The standard InChI is InChI=1S/C10H7BrN2OS/c11-9-3-1-2-8(13-9)10(14)12-7-4-5-15-6-7/h1-6H,(H,12,14). The number of pyridine rings is 1. The number of hydrogen-bond acceptors (Lipinski definition) is 3. The van der Waals surface area contributed by atoms with E-state index in [4.69, 9.17) is 0 Å². The first-order valence-electron chi connectivity index (χ1n) is 4.22. The first-order chi connectivity index (χ1) is 7.25. The van der Waals surface area contributed by atoms with Gasteiger partial charge in [0.2, 0.25) is 0 Å². The highest BCUT2D eigenvalue weighted by Gasteiger charge is 2.07. The van der Waals surface area contributed by atoms with Crippen LogP contribution in [0.4, 0.5) is 5.69 Å². The zero-order valence-electron chi connectivity index (χ0n) is 7.61. The van der Waals surface area contributed by atoms with Crippen LogP contribution in [0, 0.1) is 0 Å². The third-order valence-corrected chi connectivity index (χ3v) is 2.85. The summed E-state index contributed by atoms with van der Waals surface area (Å²) in [5, 5.41) is 6.53. The molecule has 1 N–H and O–H groups in total. The van der Waals surface area contributed by atoms with Gasteiger partial charge >= 0.3 is 0 Å². The summed E-state index contributed by atoms with van der Waals surface area (Å²) in [7, 11) is 0. The van der Waals surface area contributed by atoms with Crippen molar-refractivity contribution in [1.29, 1.82) is 0 Å². The summed E-state index contributed by atoms with van der Waals surface area (Å²) < 4.78 is 0.653. The molecule has 0 aromatic carbocycles. The average molecular weight is 283 g/mol. The minimum Gasteiger partial charge on any atom is -0.320 e. The van der Waals surface area contributed by atoms with Crippen molar-refractivity contribution in [2.45, 2.75) is 0 Å². The van der Waals surface area contributed by atoms with Crippen molar-refractivity contribution in [2.75, 3.05) is 5.32 Å². The quantitative estimate of drug-likeness (QED) is 0.860. The van der Waals surface area contributed by atoms with Crippen LogP contribution in [0.2, 0.25) is 0 Å². The van der Waals surface area contributed by atoms with Crippen LogP contribution in [0.15, 0.2) is 39.6 Å². The van der Waals surface area contributed by atoms with Gasteiger partial charge < -0.3 is 5.32 Å². The van der Waals surface area contributed by atoms with Crippen molar-refractivity contribution >= 4 is 38.9 Å². The average Bonchev–Trinajstić information content (AvgIpc) is 2.70. The molecule has 0 aliphatic rings. The molecule has 0 saturated heterocycles. The normalized spacial score (nSPS) is 9.93. The third-order valence-electron chi connectivity index (χ3n) is 1.73. The second kappa shape index (κ2) is 4.55. The summed E-state index contributed by atoms with van der Waals surface area (Å²) >= 11 is 4.75. The molecule has 0 saturated carbocycles. The number of rotatable bonds is 2. The molecule has 1 amide bonds. The second-order valence-electron chi connectivity index (χ2n) is 2.81. The molecule has 0 aliphatic carbocycles. The number of amides is 1. The summed E-state index contributed by atoms with van der Waals surface area (Å²) in [5.74, 6) is -0.199. The van der Waals surface area contributed by atoms with Crippen molar-refractivity contribution in [1.82, 2.24) is 4.98 Å². The van der Waals surface area contributed by atoms with Gasteiger partial charge in [-0.1, -0.05) is 6.07 Å². The van der Waals surface area contributed by atoms with Gasteiger partial charge in [0.05, 0.1) is 5.69 Å². The molecule has 0 fully saturated rings. The monoisotopic (exact) mass is 282 g/mol. The van der Waals surface area contributed by atoms with Crippen LogP contribution < -0.4 is 5.32 Å². The number of anilines is 1. The Bertz CT molecular complexity index is 470. The Balaban J connectivity index is 2.15. The topological polar surface area (TPSA) is 42.0 Å². The van der Waals surface area contributed by atoms with Crippen molar-refractivity contribution < 1.29 is 4.79 Å². The maximum Gasteiger partial charge on any atom is 0.274 e. The van der Waals surface area contributed by atoms with Gasteiger partial charge in [-0.2, -0.15) is 11.3 Å². The van der Waals surface area contributed by atoms with E-state index < -0.39 is 0 Å². The molecule has 0 bridgehead atoms. The van der Waals surface area contributed by atoms with Crippen LogP contribution in [-0.2, 0) is 0 Å². The van der Waals surface area contributed by atoms with Gasteiger partial charge in [0.15, 0.2) is 0 Å². The summed E-state index contributed by atoms with van der Waals surface area (Å²) in [5.41, 5.74) is 1.20. The fraction of sp³-hybridized carbons (Fsp3) is 0. The lowest BCUT2D eigenvalue weighted by Gasteiger charge is -2.01. The van der Waals surface area contributed by atoms with Crippen molar-refractivity contribution in [3.8, 4) is 0 Å². The number of thiophene rings is 1. The van der Waals surface area contributed by atoms with Gasteiger partial charge in [-0.3, -0.25) is 4.79 Å². The first-order valence-corrected chi connectivity index (χ1v) is 5.95. The van der Waals surface area contributed by atoms with Crippen molar-refractivity contribution in [2.24, 2.45) is 0 Å². The van der Waals surface area contributed by atoms with Crippen LogP contribution in [0.25, 0.3) is 0 Å². The minimum atomic E-state index is -0.199. The Kier molecular flexibility index (Phi) is 3.13. The van der Waals surface area contributed by atoms with E-state index in [-0.39, 0.29) is 5.91 Å². The molecule has 76 valence electrons. The Labute approximate surface area is 99.3 Å². The molecule has 0 radical (unpaired) electrons. The van der Waals surface area contributed by atoms with Crippen LogP contribution in [-0.4, -0.2) is 10.9 Å².